The van der Waals surface area contributed by atoms with E-state index in [-0.39, 0.29) is 177 Å². The number of aromatic nitrogens is 8. The second-order valence-electron chi connectivity index (χ2n) is 24.3. The van der Waals surface area contributed by atoms with Gasteiger partial charge in [0.05, 0.1) is 62.8 Å². The number of carboxylic acids is 1. The average Bonchev–Trinajstić information content (AvgIpc) is 1.64. The maximum Gasteiger partial charge on any atom is 1.00 e. The molecule has 3 N–H and O–H groups in total. The molecule has 0 saturated heterocycles. The van der Waals surface area contributed by atoms with Gasteiger partial charge in [0.2, 0.25) is 30.0 Å². The number of ether oxygens (including phenoxy) is 3. The number of benzene rings is 8. The number of nitrogens with zero attached hydrogens (tertiary/aromatic N) is 7. The van der Waals surface area contributed by atoms with Crippen molar-refractivity contribution in [1.82, 2.24) is 38.2 Å². The Morgan fingerprint density at radius 1 is 0.440 bits per heavy atom. The third-order valence-corrected chi connectivity index (χ3v) is 22.7. The summed E-state index contributed by atoms with van der Waals surface area (Å²) >= 11 is 30.1. The van der Waals surface area contributed by atoms with Crippen molar-refractivity contribution in [1.29, 1.82) is 0 Å². The summed E-state index contributed by atoms with van der Waals surface area (Å²) in [5, 5.41) is 9.72. The van der Waals surface area contributed by atoms with Gasteiger partial charge >= 0.3 is 42.7 Å². The van der Waals surface area contributed by atoms with Crippen molar-refractivity contribution in [2.24, 2.45) is 0 Å². The van der Waals surface area contributed by atoms with E-state index in [1.165, 1.54) is 126 Å². The zero-order chi connectivity index (χ0) is 87.1. The van der Waals surface area contributed by atoms with Gasteiger partial charge in [-0.3, -0.25) is 22.5 Å². The van der Waals surface area contributed by atoms with Gasteiger partial charge in [0.25, 0.3) is 10.1 Å². The molecule has 668 valence electrons. The second kappa shape index (κ2) is 51.6. The summed E-state index contributed by atoms with van der Waals surface area (Å²) in [6.45, 7) is 5.50. The number of hydrogen-bond donors (Lipinski definition) is 2. The number of carbonyl (C=O) groups excluding carboxylic acids is 3. The Hall–Kier alpha value is -9.98. The topological polar surface area (TPSA) is 332 Å². The largest absolute Gasteiger partial charge is 1.00 e. The number of aromatic amines is 1. The molecule has 42 heteroatoms. The summed E-state index contributed by atoms with van der Waals surface area (Å²) in [7, 11) is -11.7. The van der Waals surface area contributed by atoms with Crippen LogP contribution in [0.15, 0.2) is 210 Å². The predicted molar refractivity (Wildman–Crippen MR) is 461 cm³/mol. The predicted octanol–water partition coefficient (Wildman–Crippen LogP) is 17.1. The minimum atomic E-state index is -4.12. The van der Waals surface area contributed by atoms with E-state index in [1.807, 2.05) is 0 Å². The number of imidazole rings is 4. The molecule has 125 heavy (non-hydrogen) atoms. The third-order valence-electron chi connectivity index (χ3n) is 16.3. The van der Waals surface area contributed by atoms with Crippen molar-refractivity contribution >= 4 is 124 Å². The molecule has 0 amide bonds. The number of aromatic carboxylic acids is 1. The first-order valence-electron chi connectivity index (χ1n) is 35.0. The van der Waals surface area contributed by atoms with Crippen LogP contribution in [0.25, 0.3) is 22.7 Å². The molecule has 12 aromatic rings. The first-order chi connectivity index (χ1) is 56.5. The number of nitrogens with one attached hydrogen (secondary N) is 1. The number of carboxylic acid groups (broad SMARTS) is 1. The number of rotatable bonds is 27. The Kier molecular flexibility index (Phi) is 45.8. The molecule has 0 aliphatic rings. The molecule has 0 bridgehead atoms. The number of hydrogen-bond acceptors (Lipinski definition) is 20. The van der Waals surface area contributed by atoms with Crippen molar-refractivity contribution < 1.29 is 127 Å². The SMILES string of the molecule is C.C.C.C.CCOC(=O)c1c[nH]c(=S)n1-c1ccc(F)cc1.CCOC(=O)c1cnc(S(=O)(=O)CCc2c(F)cccc2Cl)n1-c1ccc(F)cc1.CCOC(=O)c1cnc(SCCc2c(F)cccc2Cl)n1-c1ccc(F)cc1.CS(=O)(=O)OCCc1c(F)cccc1Cl.O=C(O)c1cnc(S(=O)(=O)CCc2c(F)cccc2Cl)n1-c1ccc(F)cc1.[Li+].[OH-]. The van der Waals surface area contributed by atoms with E-state index >= 15 is 0 Å². The van der Waals surface area contributed by atoms with Crippen molar-refractivity contribution in [2.45, 2.75) is 91.6 Å². The van der Waals surface area contributed by atoms with Crippen molar-refractivity contribution in [3.8, 4) is 22.7 Å². The van der Waals surface area contributed by atoms with Crippen LogP contribution in [0.2, 0.25) is 20.1 Å². The summed E-state index contributed by atoms with van der Waals surface area (Å²) in [5.41, 5.74) is 2.27. The van der Waals surface area contributed by atoms with Gasteiger partial charge in [-0.1, -0.05) is 112 Å². The molecule has 0 radical (unpaired) electrons. The number of H-pyrrole nitrogens is 1. The van der Waals surface area contributed by atoms with Gasteiger partial charge in [0.1, 0.15) is 46.5 Å². The molecule has 24 nitrogen and oxygen atoms in total. The maximum atomic E-state index is 14.0. The number of carbonyl (C=O) groups is 4. The van der Waals surface area contributed by atoms with E-state index in [1.54, 1.807) is 67.8 Å². The third kappa shape index (κ3) is 30.7. The minimum absolute atomic E-state index is 0. The Balaban J connectivity index is 0.000000533. The van der Waals surface area contributed by atoms with E-state index < -0.39 is 110 Å². The van der Waals surface area contributed by atoms with Gasteiger partial charge in [-0.25, -0.2) is 86.1 Å². The average molecular weight is 1910 g/mol. The normalized spacial score (nSPS) is 10.7. The Labute approximate surface area is 759 Å². The molecule has 0 fully saturated rings. The first kappa shape index (κ1) is 111. The molecule has 0 aliphatic carbocycles. The molecule has 0 saturated carbocycles. The number of thioether (sulfide) groups is 1. The van der Waals surface area contributed by atoms with Gasteiger partial charge in [0.15, 0.2) is 32.7 Å². The van der Waals surface area contributed by atoms with Crippen LogP contribution >= 0.6 is 70.4 Å². The summed E-state index contributed by atoms with van der Waals surface area (Å²) in [6, 6.07) is 37.8. The standard InChI is InChI=1S/C20H17ClF2N2O4S.C20H17ClF2N2O2S.C18H13ClF2N2O4S.C12H11FN2O2S.C9H10ClFO3S.4CH4.Li.H2O/c1-2-29-19(26)18-12-24-20(25(18)14-8-6-13(22)7-9-14)30(27,28)11-10-15-16(21)4-3-5-17(15)23;1-2-27-19(26)18-12-24-20(25(18)14-8-6-13(22)7-9-14)28-11-10-15-16(21)4-3-5-17(15)23;19-14-2-1-3-15(21)13(14)8-9-28(26,27)18-22-10-16(17(24)25)23(18)12-6-4-11(20)5-7-12;1-2-17-11(16)10-7-14-12(18)15(10)9-5-3-8(13)4-6-9;1-15(12,13)14-6-5-7-8(10)3-2-4-9(7)11;;;;;;/h3-9,12H,2,10-11H2,1H3;3-9,12H,2,10-11H2,1H3;1-7,10H,8-9H2,(H,24,25);3-7H,2H2,1H3,(H,14,18);2-4H,5-6H2,1H3;4*1H4;;1H2/q;;;;;;;;;+1;/p-1. The van der Waals surface area contributed by atoms with Crippen LogP contribution in [0, 0.1) is 51.3 Å². The Morgan fingerprint density at radius 2 is 0.744 bits per heavy atom. The summed E-state index contributed by atoms with van der Waals surface area (Å²) < 4.78 is 206. The van der Waals surface area contributed by atoms with Crippen LogP contribution in [0.3, 0.4) is 0 Å². The molecule has 0 atom stereocenters. The van der Waals surface area contributed by atoms with Crippen LogP contribution in [0.5, 0.6) is 0 Å². The van der Waals surface area contributed by atoms with Crippen molar-refractivity contribution in [3.05, 3.63) is 311 Å². The van der Waals surface area contributed by atoms with Crippen molar-refractivity contribution in [3.63, 3.8) is 0 Å². The Morgan fingerprint density at radius 3 is 1.09 bits per heavy atom. The van der Waals surface area contributed by atoms with Crippen molar-refractivity contribution in [2.75, 3.05) is 49.9 Å². The van der Waals surface area contributed by atoms with E-state index in [9.17, 15) is 84.7 Å². The summed E-state index contributed by atoms with van der Waals surface area (Å²) in [4.78, 5) is 62.5. The van der Waals surface area contributed by atoms with Crippen LogP contribution in [0.1, 0.15) is 115 Å². The first-order valence-corrected chi connectivity index (χ1v) is 43.0. The molecule has 0 spiro atoms. The van der Waals surface area contributed by atoms with E-state index in [4.69, 9.17) is 72.8 Å². The number of halogens is 12. The zero-order valence-electron chi connectivity index (χ0n) is 64.1. The molecule has 0 unspecified atom stereocenters. The molecular formula is C83H85Cl4F8LiN8O16S5. The fourth-order valence-corrected chi connectivity index (χ4v) is 16.1. The van der Waals surface area contributed by atoms with E-state index in [2.05, 4.69) is 24.1 Å². The Bertz CT molecular complexity index is 5940. The molecule has 4 aromatic heterocycles. The maximum absolute atomic E-state index is 14.0. The quantitative estimate of drug-likeness (QED) is 0.00918. The number of esters is 3. The molecule has 4 heterocycles. The summed E-state index contributed by atoms with van der Waals surface area (Å²) in [5.74, 6) is -7.68. The van der Waals surface area contributed by atoms with Gasteiger partial charge in [-0.05, 0) is 198 Å². The number of sulfone groups is 2. The van der Waals surface area contributed by atoms with Crippen LogP contribution < -0.4 is 18.9 Å². The zero-order valence-corrected chi connectivity index (χ0v) is 71.2. The summed E-state index contributed by atoms with van der Waals surface area (Å²) in [6.07, 6.45) is 5.89. The van der Waals surface area contributed by atoms with Crippen LogP contribution in [-0.2, 0) is 73.9 Å². The van der Waals surface area contributed by atoms with Gasteiger partial charge in [-0.15, -0.1) is 0 Å². The van der Waals surface area contributed by atoms with E-state index in [0.29, 0.717) is 44.1 Å². The van der Waals surface area contributed by atoms with Gasteiger partial charge in [-0.2, -0.15) is 8.42 Å². The van der Waals surface area contributed by atoms with E-state index in [0.717, 1.165) is 58.1 Å². The smallest absolute Gasteiger partial charge is 0.870 e. The molecule has 0 aliphatic heterocycles. The second-order valence-corrected chi connectivity index (χ2v) is 33.0. The minimum Gasteiger partial charge on any atom is -0.870 e. The molecular weight excluding hydrogens is 1830 g/mol. The molecule has 8 aromatic carbocycles. The van der Waals surface area contributed by atoms with Gasteiger partial charge < -0.3 is 29.8 Å². The fourth-order valence-electron chi connectivity index (χ4n) is 10.8. The molecule has 12 rings (SSSR count). The van der Waals surface area contributed by atoms with Gasteiger partial charge in [0, 0.05) is 83.5 Å². The monoisotopic (exact) mass is 1910 g/mol. The van der Waals surface area contributed by atoms with Crippen LogP contribution in [0.4, 0.5) is 35.1 Å². The van der Waals surface area contributed by atoms with Crippen LogP contribution in [-0.4, -0.2) is 148 Å². The fraction of sp³-hybridized carbons (Fsp3) is 0.229.